The Morgan fingerprint density at radius 3 is 1.88 bits per heavy atom. The van der Waals surface area contributed by atoms with Crippen molar-refractivity contribution in [3.05, 3.63) is 23.8 Å². The normalized spacial score (nSPS) is 18.2. The van der Waals surface area contributed by atoms with Gasteiger partial charge in [0.15, 0.2) is 23.0 Å². The lowest BCUT2D eigenvalue weighted by atomic mass is 9.99. The third-order valence-corrected chi connectivity index (χ3v) is 5.08. The Morgan fingerprint density at radius 2 is 1.38 bits per heavy atom. The molecule has 1 N–H and O–H groups in total. The number of rotatable bonds is 4. The van der Waals surface area contributed by atoms with E-state index < -0.39 is 5.97 Å². The number of hydrogen-bond acceptors (Lipinski definition) is 3. The Hall–Kier alpha value is -0.980. The lowest BCUT2D eigenvalue weighted by Gasteiger charge is -2.20. The molecule has 5 heteroatoms. The van der Waals surface area contributed by atoms with Gasteiger partial charge in [-0.3, -0.25) is 0 Å². The van der Waals surface area contributed by atoms with E-state index in [1.54, 1.807) is 35.1 Å². The summed E-state index contributed by atoms with van der Waals surface area (Å²) in [5.74, 6) is 0.145. The number of carbonyl (C=O) groups is 1. The molecule has 0 aliphatic heterocycles. The summed E-state index contributed by atoms with van der Waals surface area (Å²) in [5.41, 5.74) is 0.201. The van der Waals surface area contributed by atoms with E-state index in [4.69, 9.17) is 7.80 Å². The number of halogens is 1. The molecule has 0 spiro atoms. The summed E-state index contributed by atoms with van der Waals surface area (Å²) in [6.07, 6.45) is 13.8. The topological polar surface area (TPSA) is 55.8 Å². The van der Waals surface area contributed by atoms with E-state index in [0.29, 0.717) is 11.5 Å². The summed E-state index contributed by atoms with van der Waals surface area (Å²) < 4.78 is 11.3. The molecule has 0 aromatic heterocycles. The molecular formula is C19H27IO4. The van der Waals surface area contributed by atoms with Gasteiger partial charge in [-0.15, -0.1) is 0 Å². The van der Waals surface area contributed by atoms with Crippen LogP contribution >= 0.6 is 23.0 Å². The lowest BCUT2D eigenvalue weighted by molar-refractivity contribution is 0.0695. The summed E-state index contributed by atoms with van der Waals surface area (Å²) in [5, 5.41) is 9.23. The standard InChI is InChI=1S/C19H27IO4/c20-24-18-13-15(19(21)22)12-17(14-18)23-16-10-8-6-4-2-1-3-5-7-9-11-16/h12-14,16H,1-11H2,(H,21,22). The first-order valence-corrected chi connectivity index (χ1v) is 9.91. The van der Waals surface area contributed by atoms with Crippen LogP contribution in [0.15, 0.2) is 18.2 Å². The van der Waals surface area contributed by atoms with Crippen molar-refractivity contribution >= 4 is 29.0 Å². The van der Waals surface area contributed by atoms with E-state index in [0.717, 1.165) is 12.8 Å². The Bertz CT molecular complexity index is 506. The maximum Gasteiger partial charge on any atom is 0.335 e. The van der Waals surface area contributed by atoms with Crippen molar-refractivity contribution in [3.8, 4) is 11.5 Å². The summed E-state index contributed by atoms with van der Waals surface area (Å²) in [6.45, 7) is 0. The van der Waals surface area contributed by atoms with Gasteiger partial charge in [0.05, 0.1) is 11.7 Å². The van der Waals surface area contributed by atoms with Crippen LogP contribution in [0.5, 0.6) is 11.5 Å². The molecule has 2 rings (SSSR count). The van der Waals surface area contributed by atoms with Crippen LogP contribution in [-0.4, -0.2) is 17.2 Å². The molecule has 1 aromatic carbocycles. The third kappa shape index (κ3) is 6.87. The monoisotopic (exact) mass is 446 g/mol. The number of carboxylic acid groups (broad SMARTS) is 1. The molecule has 0 unspecified atom stereocenters. The molecule has 0 radical (unpaired) electrons. The second-order valence-corrected chi connectivity index (χ2v) is 7.01. The number of benzene rings is 1. The zero-order chi connectivity index (χ0) is 17.2. The molecule has 0 heterocycles. The first-order chi connectivity index (χ1) is 11.7. The van der Waals surface area contributed by atoms with Crippen LogP contribution < -0.4 is 7.80 Å². The van der Waals surface area contributed by atoms with Crippen molar-refractivity contribution in [2.24, 2.45) is 0 Å². The van der Waals surface area contributed by atoms with E-state index >= 15 is 0 Å². The predicted octanol–water partition coefficient (Wildman–Crippen LogP) is 6.17. The molecule has 1 saturated carbocycles. The predicted molar refractivity (Wildman–Crippen MR) is 103 cm³/mol. The minimum Gasteiger partial charge on any atom is -0.490 e. The summed E-state index contributed by atoms with van der Waals surface area (Å²) in [7, 11) is 0. The summed E-state index contributed by atoms with van der Waals surface area (Å²) in [6, 6.07) is 4.88. The molecule has 0 bridgehead atoms. The fourth-order valence-electron chi connectivity index (χ4n) is 3.24. The average molecular weight is 446 g/mol. The van der Waals surface area contributed by atoms with Gasteiger partial charge < -0.3 is 12.9 Å². The Labute approximate surface area is 158 Å². The molecule has 0 saturated heterocycles. The van der Waals surface area contributed by atoms with Gasteiger partial charge in [0.25, 0.3) is 0 Å². The van der Waals surface area contributed by atoms with Gasteiger partial charge >= 0.3 is 5.97 Å². The van der Waals surface area contributed by atoms with Crippen molar-refractivity contribution in [1.29, 1.82) is 0 Å². The quantitative estimate of drug-likeness (QED) is 0.563. The molecule has 0 atom stereocenters. The average Bonchev–Trinajstić information content (AvgIpc) is 2.57. The fraction of sp³-hybridized carbons (Fsp3) is 0.632. The van der Waals surface area contributed by atoms with E-state index in [1.165, 1.54) is 63.9 Å². The van der Waals surface area contributed by atoms with Gasteiger partial charge in [-0.1, -0.05) is 44.9 Å². The molecular weight excluding hydrogens is 419 g/mol. The second-order valence-electron chi connectivity index (χ2n) is 6.57. The Kier molecular flexibility index (Phi) is 8.70. The highest BCUT2D eigenvalue weighted by molar-refractivity contribution is 14.1. The molecule has 0 amide bonds. The highest BCUT2D eigenvalue weighted by Gasteiger charge is 2.14. The maximum atomic E-state index is 11.3. The zero-order valence-electron chi connectivity index (χ0n) is 14.1. The first-order valence-electron chi connectivity index (χ1n) is 9.02. The Balaban J connectivity index is 2.02. The van der Waals surface area contributed by atoms with Gasteiger partial charge in [-0.05, 0) is 37.8 Å². The minimum atomic E-state index is -0.964. The third-order valence-electron chi connectivity index (χ3n) is 4.57. The van der Waals surface area contributed by atoms with Crippen molar-refractivity contribution in [3.63, 3.8) is 0 Å². The summed E-state index contributed by atoms with van der Waals surface area (Å²) in [4.78, 5) is 11.3. The largest absolute Gasteiger partial charge is 0.490 e. The Morgan fingerprint density at radius 1 is 0.875 bits per heavy atom. The number of hydrogen-bond donors (Lipinski definition) is 1. The highest BCUT2D eigenvalue weighted by Crippen LogP contribution is 2.27. The lowest BCUT2D eigenvalue weighted by Crippen LogP contribution is -2.17. The molecule has 4 nitrogen and oxygen atoms in total. The van der Waals surface area contributed by atoms with Gasteiger partial charge in [-0.2, -0.15) is 0 Å². The SMILES string of the molecule is O=C(O)c1cc(OI)cc(OC2CCCCCCCCCCC2)c1. The van der Waals surface area contributed by atoms with Crippen LogP contribution in [0.2, 0.25) is 0 Å². The van der Waals surface area contributed by atoms with E-state index in [1.807, 2.05) is 0 Å². The van der Waals surface area contributed by atoms with Gasteiger partial charge in [0.1, 0.15) is 11.5 Å². The van der Waals surface area contributed by atoms with Crippen molar-refractivity contribution in [2.75, 3.05) is 0 Å². The second kappa shape index (κ2) is 10.8. The van der Waals surface area contributed by atoms with Crippen LogP contribution in [0.4, 0.5) is 0 Å². The van der Waals surface area contributed by atoms with Gasteiger partial charge in [0, 0.05) is 6.07 Å². The smallest absolute Gasteiger partial charge is 0.335 e. The van der Waals surface area contributed by atoms with Crippen LogP contribution in [-0.2, 0) is 0 Å². The van der Waals surface area contributed by atoms with Crippen molar-refractivity contribution in [2.45, 2.75) is 76.7 Å². The van der Waals surface area contributed by atoms with E-state index in [-0.39, 0.29) is 11.7 Å². The van der Waals surface area contributed by atoms with Crippen LogP contribution in [0, 0.1) is 0 Å². The van der Waals surface area contributed by atoms with Crippen LogP contribution in [0.25, 0.3) is 0 Å². The number of ether oxygens (including phenoxy) is 1. The van der Waals surface area contributed by atoms with E-state index in [9.17, 15) is 9.90 Å². The maximum absolute atomic E-state index is 11.3. The van der Waals surface area contributed by atoms with Gasteiger partial charge in [-0.25, -0.2) is 4.79 Å². The number of carboxylic acids is 1. The molecule has 1 aliphatic carbocycles. The first kappa shape index (κ1) is 19.3. The minimum absolute atomic E-state index is 0.163. The molecule has 24 heavy (non-hydrogen) atoms. The van der Waals surface area contributed by atoms with Crippen LogP contribution in [0.3, 0.4) is 0 Å². The van der Waals surface area contributed by atoms with Crippen molar-refractivity contribution < 1.29 is 17.7 Å². The molecule has 134 valence electrons. The van der Waals surface area contributed by atoms with E-state index in [2.05, 4.69) is 0 Å². The zero-order valence-corrected chi connectivity index (χ0v) is 16.3. The number of aromatic carboxylic acids is 1. The van der Waals surface area contributed by atoms with Gasteiger partial charge in [0.2, 0.25) is 0 Å². The fourth-order valence-corrected chi connectivity index (χ4v) is 3.50. The molecule has 1 aliphatic rings. The summed E-state index contributed by atoms with van der Waals surface area (Å²) >= 11 is 1.76. The molecule has 1 aromatic rings. The van der Waals surface area contributed by atoms with Crippen molar-refractivity contribution in [1.82, 2.24) is 0 Å². The molecule has 1 fully saturated rings. The van der Waals surface area contributed by atoms with Crippen LogP contribution in [0.1, 0.15) is 81.0 Å². The highest BCUT2D eigenvalue weighted by atomic mass is 127.